The third-order valence-electron chi connectivity index (χ3n) is 3.67. The molecule has 1 aliphatic rings. The van der Waals surface area contributed by atoms with Crippen molar-refractivity contribution in [2.45, 2.75) is 37.8 Å². The lowest BCUT2D eigenvalue weighted by Crippen LogP contribution is -2.41. The van der Waals surface area contributed by atoms with Crippen LogP contribution < -0.4 is 10.6 Å². The predicted molar refractivity (Wildman–Crippen MR) is 79.0 cm³/mol. The van der Waals surface area contributed by atoms with E-state index in [0.29, 0.717) is 21.7 Å². The minimum Gasteiger partial charge on any atom is -0.349 e. The topological polar surface area (TPSA) is 41.1 Å². The first-order chi connectivity index (χ1) is 9.11. The van der Waals surface area contributed by atoms with E-state index in [0.717, 1.165) is 25.7 Å². The quantitative estimate of drug-likeness (QED) is 0.900. The van der Waals surface area contributed by atoms with E-state index in [9.17, 15) is 4.79 Å². The average Bonchev–Trinajstić information content (AvgIpc) is 2.42. The number of amides is 1. The van der Waals surface area contributed by atoms with E-state index in [1.165, 1.54) is 0 Å². The Labute approximate surface area is 123 Å². The normalized spacial score (nSPS) is 23.1. The van der Waals surface area contributed by atoms with Crippen molar-refractivity contribution >= 4 is 29.1 Å². The zero-order valence-electron chi connectivity index (χ0n) is 10.9. The van der Waals surface area contributed by atoms with Gasteiger partial charge in [0.25, 0.3) is 5.91 Å². The average molecular weight is 301 g/mol. The molecule has 19 heavy (non-hydrogen) atoms. The maximum absolute atomic E-state index is 12.2. The molecule has 2 N–H and O–H groups in total. The van der Waals surface area contributed by atoms with Gasteiger partial charge in [0.15, 0.2) is 0 Å². The molecule has 0 atom stereocenters. The van der Waals surface area contributed by atoms with Crippen molar-refractivity contribution in [3.63, 3.8) is 0 Å². The van der Waals surface area contributed by atoms with Gasteiger partial charge in [-0.25, -0.2) is 0 Å². The molecule has 0 radical (unpaired) electrons. The number of nitrogens with one attached hydrogen (secondary N) is 2. The predicted octanol–water partition coefficient (Wildman–Crippen LogP) is 3.25. The second-order valence-corrected chi connectivity index (χ2v) is 5.70. The van der Waals surface area contributed by atoms with Crippen LogP contribution in [0.15, 0.2) is 18.2 Å². The summed E-state index contributed by atoms with van der Waals surface area (Å²) in [5, 5.41) is 7.05. The third-order valence-corrected chi connectivity index (χ3v) is 4.49. The van der Waals surface area contributed by atoms with E-state index in [2.05, 4.69) is 10.6 Å². The molecule has 0 heterocycles. The highest BCUT2D eigenvalue weighted by Gasteiger charge is 2.22. The minimum absolute atomic E-state index is 0.139. The summed E-state index contributed by atoms with van der Waals surface area (Å²) in [7, 11) is 1.98. The number of rotatable bonds is 3. The van der Waals surface area contributed by atoms with Crippen molar-refractivity contribution in [2.24, 2.45) is 0 Å². The fourth-order valence-electron chi connectivity index (χ4n) is 2.47. The van der Waals surface area contributed by atoms with Crippen molar-refractivity contribution < 1.29 is 4.79 Å². The van der Waals surface area contributed by atoms with Crippen LogP contribution in [-0.2, 0) is 0 Å². The highest BCUT2D eigenvalue weighted by atomic mass is 35.5. The molecule has 0 saturated heterocycles. The lowest BCUT2D eigenvalue weighted by molar-refractivity contribution is 0.0925. The van der Waals surface area contributed by atoms with Gasteiger partial charge in [0, 0.05) is 12.1 Å². The van der Waals surface area contributed by atoms with Gasteiger partial charge >= 0.3 is 0 Å². The molecule has 1 amide bonds. The van der Waals surface area contributed by atoms with E-state index < -0.39 is 0 Å². The Balaban J connectivity index is 1.96. The summed E-state index contributed by atoms with van der Waals surface area (Å²) in [5.41, 5.74) is 0.449. The summed E-state index contributed by atoms with van der Waals surface area (Å²) in [6, 6.07) is 5.91. The molecular formula is C14H18Cl2N2O. The maximum atomic E-state index is 12.2. The standard InChI is InChI=1S/C14H18Cl2N2O/c1-17-9-5-7-10(8-6-9)18-14(19)11-3-2-4-12(15)13(11)16/h2-4,9-10,17H,5-8H2,1H3,(H,18,19). The number of halogens is 2. The second kappa shape index (κ2) is 6.60. The van der Waals surface area contributed by atoms with Crippen molar-refractivity contribution in [1.29, 1.82) is 0 Å². The number of carbonyl (C=O) groups is 1. The first kappa shape index (κ1) is 14.6. The molecule has 5 heteroatoms. The molecule has 1 fully saturated rings. The molecule has 104 valence electrons. The van der Waals surface area contributed by atoms with Crippen LogP contribution in [0.5, 0.6) is 0 Å². The minimum atomic E-state index is -0.139. The van der Waals surface area contributed by atoms with Crippen molar-refractivity contribution in [3.8, 4) is 0 Å². The zero-order chi connectivity index (χ0) is 13.8. The van der Waals surface area contributed by atoms with Gasteiger partial charge in [0.05, 0.1) is 15.6 Å². The summed E-state index contributed by atoms with van der Waals surface area (Å²) in [6.07, 6.45) is 4.17. The van der Waals surface area contributed by atoms with Crippen LogP contribution >= 0.6 is 23.2 Å². The molecule has 1 aromatic rings. The smallest absolute Gasteiger partial charge is 0.253 e. The van der Waals surface area contributed by atoms with E-state index in [1.54, 1.807) is 18.2 Å². The Morgan fingerprint density at radius 1 is 1.16 bits per heavy atom. The van der Waals surface area contributed by atoms with Gasteiger partial charge in [-0.15, -0.1) is 0 Å². The van der Waals surface area contributed by atoms with Crippen LogP contribution in [0.1, 0.15) is 36.0 Å². The second-order valence-electron chi connectivity index (χ2n) is 4.91. The molecular weight excluding hydrogens is 283 g/mol. The highest BCUT2D eigenvalue weighted by molar-refractivity contribution is 6.43. The first-order valence-corrected chi connectivity index (χ1v) is 7.29. The van der Waals surface area contributed by atoms with Gasteiger partial charge in [-0.3, -0.25) is 4.79 Å². The molecule has 3 nitrogen and oxygen atoms in total. The Kier molecular flexibility index (Phi) is 5.08. The summed E-state index contributed by atoms with van der Waals surface area (Å²) < 4.78 is 0. The molecule has 0 unspecified atom stereocenters. The van der Waals surface area contributed by atoms with Gasteiger partial charge in [-0.05, 0) is 44.9 Å². The SMILES string of the molecule is CNC1CCC(NC(=O)c2cccc(Cl)c2Cl)CC1. The number of hydrogen-bond acceptors (Lipinski definition) is 2. The van der Waals surface area contributed by atoms with Crippen LogP contribution in [0.25, 0.3) is 0 Å². The summed E-state index contributed by atoms with van der Waals surface area (Å²) in [5.74, 6) is -0.139. The van der Waals surface area contributed by atoms with Crippen LogP contribution in [-0.4, -0.2) is 25.0 Å². The van der Waals surface area contributed by atoms with Crippen molar-refractivity contribution in [2.75, 3.05) is 7.05 Å². The number of carbonyl (C=O) groups excluding carboxylic acids is 1. The van der Waals surface area contributed by atoms with Crippen LogP contribution in [0, 0.1) is 0 Å². The van der Waals surface area contributed by atoms with Crippen molar-refractivity contribution in [3.05, 3.63) is 33.8 Å². The number of benzene rings is 1. The Morgan fingerprint density at radius 2 is 1.79 bits per heavy atom. The lowest BCUT2D eigenvalue weighted by atomic mass is 9.91. The monoisotopic (exact) mass is 300 g/mol. The Hall–Kier alpha value is -0.770. The molecule has 0 aromatic heterocycles. The molecule has 1 aliphatic carbocycles. The van der Waals surface area contributed by atoms with E-state index in [-0.39, 0.29) is 11.9 Å². The molecule has 0 aliphatic heterocycles. The summed E-state index contributed by atoms with van der Waals surface area (Å²) >= 11 is 12.0. The van der Waals surface area contributed by atoms with Gasteiger partial charge in [-0.1, -0.05) is 29.3 Å². The van der Waals surface area contributed by atoms with Gasteiger partial charge in [0.2, 0.25) is 0 Å². The van der Waals surface area contributed by atoms with Gasteiger partial charge in [-0.2, -0.15) is 0 Å². The Bertz CT molecular complexity index is 457. The fraction of sp³-hybridized carbons (Fsp3) is 0.500. The van der Waals surface area contributed by atoms with E-state index in [1.807, 2.05) is 7.05 Å². The van der Waals surface area contributed by atoms with Crippen molar-refractivity contribution in [1.82, 2.24) is 10.6 Å². The summed E-state index contributed by atoms with van der Waals surface area (Å²) in [4.78, 5) is 12.2. The van der Waals surface area contributed by atoms with Gasteiger partial charge < -0.3 is 10.6 Å². The van der Waals surface area contributed by atoms with E-state index >= 15 is 0 Å². The van der Waals surface area contributed by atoms with Crippen LogP contribution in [0.4, 0.5) is 0 Å². The van der Waals surface area contributed by atoms with Gasteiger partial charge in [0.1, 0.15) is 0 Å². The Morgan fingerprint density at radius 3 is 2.42 bits per heavy atom. The largest absolute Gasteiger partial charge is 0.349 e. The van der Waals surface area contributed by atoms with Crippen LogP contribution in [0.2, 0.25) is 10.0 Å². The number of hydrogen-bond donors (Lipinski definition) is 2. The summed E-state index contributed by atoms with van der Waals surface area (Å²) in [6.45, 7) is 0. The van der Waals surface area contributed by atoms with E-state index in [4.69, 9.17) is 23.2 Å². The molecule has 1 aromatic carbocycles. The fourth-order valence-corrected chi connectivity index (χ4v) is 2.86. The lowest BCUT2D eigenvalue weighted by Gasteiger charge is -2.28. The molecule has 1 saturated carbocycles. The molecule has 0 spiro atoms. The zero-order valence-corrected chi connectivity index (χ0v) is 12.4. The maximum Gasteiger partial charge on any atom is 0.253 e. The first-order valence-electron chi connectivity index (χ1n) is 6.54. The van der Waals surface area contributed by atoms with Crippen LogP contribution in [0.3, 0.4) is 0 Å². The highest BCUT2D eigenvalue weighted by Crippen LogP contribution is 2.26. The third kappa shape index (κ3) is 3.62. The molecule has 0 bridgehead atoms. The molecule has 2 rings (SSSR count).